The first kappa shape index (κ1) is 23.2. The molecular weight excluding hydrogens is 461 g/mol. The van der Waals surface area contributed by atoms with E-state index < -0.39 is 0 Å². The van der Waals surface area contributed by atoms with Crippen molar-refractivity contribution in [2.45, 2.75) is 25.7 Å². The molecule has 1 aliphatic rings. The van der Waals surface area contributed by atoms with Gasteiger partial charge in [-0.15, -0.1) is 24.0 Å². The Labute approximate surface area is 179 Å². The van der Waals surface area contributed by atoms with E-state index in [1.165, 1.54) is 5.56 Å². The lowest BCUT2D eigenvalue weighted by atomic mass is 9.98. The molecule has 0 saturated carbocycles. The Balaban J connectivity index is 0.00000338. The van der Waals surface area contributed by atoms with Crippen molar-refractivity contribution in [1.29, 1.82) is 0 Å². The highest BCUT2D eigenvalue weighted by molar-refractivity contribution is 14.0. The van der Waals surface area contributed by atoms with Crippen molar-refractivity contribution in [2.24, 2.45) is 4.99 Å². The fourth-order valence-corrected chi connectivity index (χ4v) is 3.53. The molecule has 1 fully saturated rings. The van der Waals surface area contributed by atoms with Gasteiger partial charge in [0.1, 0.15) is 11.5 Å². The van der Waals surface area contributed by atoms with E-state index in [1.807, 2.05) is 17.8 Å². The standard InChI is InChI=1S/C19H31N3O2S.HI/c1-5-20-19(21-8-6-10-25-4)22-9-7-15(14-22)16-11-17(23-2)13-18(12-16)24-3;/h11-13,15H,5-10,14H2,1-4H3,(H,20,21);1H. The number of thioether (sulfide) groups is 1. The van der Waals surface area contributed by atoms with Crippen LogP contribution in [0.2, 0.25) is 0 Å². The maximum atomic E-state index is 5.41. The number of methoxy groups -OCH3 is 2. The molecule has 1 aromatic carbocycles. The molecule has 0 amide bonds. The number of nitrogens with zero attached hydrogens (tertiary/aromatic N) is 2. The highest BCUT2D eigenvalue weighted by Crippen LogP contribution is 2.32. The number of ether oxygens (including phenoxy) is 2. The Bertz CT molecular complexity index is 549. The molecule has 1 saturated heterocycles. The number of benzene rings is 1. The smallest absolute Gasteiger partial charge is 0.193 e. The van der Waals surface area contributed by atoms with Crippen LogP contribution in [0.1, 0.15) is 31.2 Å². The predicted octanol–water partition coefficient (Wildman–Crippen LogP) is 3.83. The number of likely N-dealkylation sites (tertiary alicyclic amines) is 1. The van der Waals surface area contributed by atoms with Crippen molar-refractivity contribution in [3.8, 4) is 11.5 Å². The molecule has 0 aromatic heterocycles. The van der Waals surface area contributed by atoms with Crippen molar-refractivity contribution in [3.05, 3.63) is 23.8 Å². The molecule has 7 heteroatoms. The summed E-state index contributed by atoms with van der Waals surface area (Å²) in [6.07, 6.45) is 4.38. The summed E-state index contributed by atoms with van der Waals surface area (Å²) in [6.45, 7) is 5.91. The van der Waals surface area contributed by atoms with Gasteiger partial charge in [0, 0.05) is 38.2 Å². The van der Waals surface area contributed by atoms with Gasteiger partial charge in [0.05, 0.1) is 14.2 Å². The summed E-state index contributed by atoms with van der Waals surface area (Å²) < 4.78 is 10.8. The summed E-state index contributed by atoms with van der Waals surface area (Å²) in [7, 11) is 3.40. The number of hydrogen-bond acceptors (Lipinski definition) is 4. The molecule has 1 unspecified atom stereocenters. The van der Waals surface area contributed by atoms with Crippen LogP contribution in [-0.2, 0) is 0 Å². The van der Waals surface area contributed by atoms with Crippen LogP contribution >= 0.6 is 35.7 Å². The molecule has 26 heavy (non-hydrogen) atoms. The summed E-state index contributed by atoms with van der Waals surface area (Å²) in [6, 6.07) is 6.17. The average molecular weight is 493 g/mol. The van der Waals surface area contributed by atoms with Gasteiger partial charge in [0.15, 0.2) is 5.96 Å². The van der Waals surface area contributed by atoms with Gasteiger partial charge in [-0.1, -0.05) is 0 Å². The van der Waals surface area contributed by atoms with Gasteiger partial charge in [0.2, 0.25) is 0 Å². The first-order chi connectivity index (χ1) is 12.2. The lowest BCUT2D eigenvalue weighted by Gasteiger charge is -2.22. The summed E-state index contributed by atoms with van der Waals surface area (Å²) in [4.78, 5) is 7.17. The third-order valence-electron chi connectivity index (χ3n) is 4.44. The number of rotatable bonds is 8. The molecule has 0 spiro atoms. The highest BCUT2D eigenvalue weighted by Gasteiger charge is 2.26. The number of nitrogens with one attached hydrogen (secondary N) is 1. The van der Waals surface area contributed by atoms with Crippen molar-refractivity contribution in [2.75, 3.05) is 52.4 Å². The molecule has 1 aliphatic heterocycles. The van der Waals surface area contributed by atoms with Crippen LogP contribution in [0.25, 0.3) is 0 Å². The van der Waals surface area contributed by atoms with Crippen molar-refractivity contribution >= 4 is 41.7 Å². The van der Waals surface area contributed by atoms with E-state index in [4.69, 9.17) is 14.5 Å². The van der Waals surface area contributed by atoms with Crippen LogP contribution in [0.5, 0.6) is 11.5 Å². The summed E-state index contributed by atoms with van der Waals surface area (Å²) in [5.74, 6) is 4.38. The van der Waals surface area contributed by atoms with Crippen molar-refractivity contribution in [1.82, 2.24) is 10.2 Å². The quantitative estimate of drug-likeness (QED) is 0.258. The Kier molecular flexibility index (Phi) is 11.2. The Morgan fingerprint density at radius 3 is 2.54 bits per heavy atom. The zero-order valence-corrected chi connectivity index (χ0v) is 19.4. The van der Waals surface area contributed by atoms with E-state index in [0.29, 0.717) is 5.92 Å². The van der Waals surface area contributed by atoms with Gasteiger partial charge in [-0.05, 0) is 49.5 Å². The summed E-state index contributed by atoms with van der Waals surface area (Å²) in [5.41, 5.74) is 1.27. The maximum Gasteiger partial charge on any atom is 0.193 e. The van der Waals surface area contributed by atoms with Crippen molar-refractivity contribution in [3.63, 3.8) is 0 Å². The fraction of sp³-hybridized carbons (Fsp3) is 0.632. The summed E-state index contributed by atoms with van der Waals surface area (Å²) >= 11 is 1.88. The maximum absolute atomic E-state index is 5.41. The average Bonchev–Trinajstić information content (AvgIpc) is 3.14. The third kappa shape index (κ3) is 6.72. The minimum absolute atomic E-state index is 0. The van der Waals surface area contributed by atoms with E-state index in [1.54, 1.807) is 14.2 Å². The molecule has 1 N–H and O–H groups in total. The van der Waals surface area contributed by atoms with E-state index in [-0.39, 0.29) is 24.0 Å². The molecule has 1 aromatic rings. The molecule has 5 nitrogen and oxygen atoms in total. The number of hydrogen-bond donors (Lipinski definition) is 1. The van der Waals surface area contributed by atoms with Crippen LogP contribution in [0.4, 0.5) is 0 Å². The zero-order valence-electron chi connectivity index (χ0n) is 16.3. The topological polar surface area (TPSA) is 46.1 Å². The van der Waals surface area contributed by atoms with Gasteiger partial charge < -0.3 is 19.7 Å². The Hall–Kier alpha value is -0.830. The second kappa shape index (κ2) is 12.5. The first-order valence-corrected chi connectivity index (χ1v) is 10.4. The van der Waals surface area contributed by atoms with Gasteiger partial charge in [-0.25, -0.2) is 0 Å². The number of guanidine groups is 1. The fourth-order valence-electron chi connectivity index (χ4n) is 3.11. The molecule has 0 aliphatic carbocycles. The minimum atomic E-state index is 0. The zero-order chi connectivity index (χ0) is 18.1. The molecular formula is C19H32IN3O2S. The molecule has 0 radical (unpaired) electrons. The Morgan fingerprint density at radius 2 is 1.96 bits per heavy atom. The molecule has 148 valence electrons. The minimum Gasteiger partial charge on any atom is -0.497 e. The van der Waals surface area contributed by atoms with Gasteiger partial charge in [-0.3, -0.25) is 4.99 Å². The molecule has 0 bridgehead atoms. The number of aliphatic imine (C=N–C) groups is 1. The van der Waals surface area contributed by atoms with E-state index in [0.717, 1.165) is 62.2 Å². The third-order valence-corrected chi connectivity index (χ3v) is 5.13. The lowest BCUT2D eigenvalue weighted by molar-refractivity contribution is 0.392. The first-order valence-electron chi connectivity index (χ1n) is 8.97. The van der Waals surface area contributed by atoms with Gasteiger partial charge >= 0.3 is 0 Å². The second-order valence-electron chi connectivity index (χ2n) is 6.16. The Morgan fingerprint density at radius 1 is 1.27 bits per heavy atom. The molecule has 1 atom stereocenters. The van der Waals surface area contributed by atoms with E-state index in [9.17, 15) is 0 Å². The SMILES string of the molecule is CCNC(=NCCCSC)N1CCC(c2cc(OC)cc(OC)c2)C1.I. The monoisotopic (exact) mass is 493 g/mol. The summed E-state index contributed by atoms with van der Waals surface area (Å²) in [5, 5.41) is 3.44. The predicted molar refractivity (Wildman–Crippen MR) is 123 cm³/mol. The van der Waals surface area contributed by atoms with Gasteiger partial charge in [-0.2, -0.15) is 11.8 Å². The van der Waals surface area contributed by atoms with Crippen LogP contribution < -0.4 is 14.8 Å². The van der Waals surface area contributed by atoms with E-state index in [2.05, 4.69) is 35.5 Å². The molecule has 2 rings (SSSR count). The highest BCUT2D eigenvalue weighted by atomic mass is 127. The van der Waals surface area contributed by atoms with Crippen molar-refractivity contribution < 1.29 is 9.47 Å². The van der Waals surface area contributed by atoms with E-state index >= 15 is 0 Å². The van der Waals surface area contributed by atoms with Crippen LogP contribution in [0, 0.1) is 0 Å². The lowest BCUT2D eigenvalue weighted by Crippen LogP contribution is -2.40. The van der Waals surface area contributed by atoms with Crippen LogP contribution in [0.15, 0.2) is 23.2 Å². The number of halogens is 1. The normalized spacial score (nSPS) is 17.0. The molecule has 1 heterocycles. The second-order valence-corrected chi connectivity index (χ2v) is 7.15. The van der Waals surface area contributed by atoms with Crippen LogP contribution in [0.3, 0.4) is 0 Å². The largest absolute Gasteiger partial charge is 0.497 e. The van der Waals surface area contributed by atoms with Gasteiger partial charge in [0.25, 0.3) is 0 Å². The van der Waals surface area contributed by atoms with Crippen LogP contribution in [-0.4, -0.2) is 63.3 Å².